The van der Waals surface area contributed by atoms with Crippen LogP contribution in [-0.2, 0) is 0 Å². The summed E-state index contributed by atoms with van der Waals surface area (Å²) in [4.78, 5) is 0. The maximum atomic E-state index is 9.51. The molecule has 0 aliphatic heterocycles. The molecule has 0 aromatic heterocycles. The summed E-state index contributed by atoms with van der Waals surface area (Å²) in [5.74, 6) is 0. The number of hydrogen-bond donors (Lipinski definition) is 1. The molecule has 1 N–H and O–H groups in total. The zero-order chi connectivity index (χ0) is 11.5. The van der Waals surface area contributed by atoms with Gasteiger partial charge in [-0.05, 0) is 32.1 Å². The second kappa shape index (κ2) is 9.97. The van der Waals surface area contributed by atoms with Gasteiger partial charge in [-0.3, -0.25) is 0 Å². The topological polar surface area (TPSA) is 20.2 Å². The molecule has 1 heteroatoms. The van der Waals surface area contributed by atoms with E-state index in [0.29, 0.717) is 0 Å². The quantitative estimate of drug-likeness (QED) is 0.594. The molecular weight excluding hydrogens is 184 g/mol. The van der Waals surface area contributed by atoms with Gasteiger partial charge in [0.25, 0.3) is 0 Å². The van der Waals surface area contributed by atoms with Crippen LogP contribution in [0.15, 0.2) is 23.8 Å². The largest absolute Gasteiger partial charge is 0.389 e. The maximum absolute atomic E-state index is 9.51. The number of hydrogen-bond acceptors (Lipinski definition) is 1. The molecule has 0 aliphatic carbocycles. The molecule has 0 aromatic carbocycles. The Hall–Kier alpha value is -0.560. The van der Waals surface area contributed by atoms with Crippen LogP contribution in [0.1, 0.15) is 59.3 Å². The van der Waals surface area contributed by atoms with Gasteiger partial charge in [0.1, 0.15) is 0 Å². The second-order valence-corrected chi connectivity index (χ2v) is 3.95. The van der Waals surface area contributed by atoms with Gasteiger partial charge in [0.05, 0.1) is 6.10 Å². The fourth-order valence-electron chi connectivity index (χ4n) is 1.44. The van der Waals surface area contributed by atoms with Crippen molar-refractivity contribution in [2.75, 3.05) is 0 Å². The van der Waals surface area contributed by atoms with Crippen molar-refractivity contribution >= 4 is 0 Å². The van der Waals surface area contributed by atoms with Gasteiger partial charge in [0, 0.05) is 0 Å². The van der Waals surface area contributed by atoms with Gasteiger partial charge in [0.15, 0.2) is 0 Å². The van der Waals surface area contributed by atoms with Crippen LogP contribution in [0.2, 0.25) is 0 Å². The lowest BCUT2D eigenvalue weighted by Crippen LogP contribution is -2.00. The fourth-order valence-corrected chi connectivity index (χ4v) is 1.44. The smallest absolute Gasteiger partial charge is 0.0720 e. The summed E-state index contributed by atoms with van der Waals surface area (Å²) in [5.41, 5.74) is 1.38. The molecule has 0 aliphatic rings. The highest BCUT2D eigenvalue weighted by Crippen LogP contribution is 2.12. The molecule has 1 unspecified atom stereocenters. The van der Waals surface area contributed by atoms with E-state index in [1.54, 1.807) is 0 Å². The van der Waals surface area contributed by atoms with E-state index in [1.807, 2.05) is 13.0 Å². The highest BCUT2D eigenvalue weighted by molar-refractivity contribution is 5.05. The van der Waals surface area contributed by atoms with Gasteiger partial charge in [-0.15, -0.1) is 0 Å². The minimum absolute atomic E-state index is 0.250. The molecule has 0 saturated heterocycles. The Morgan fingerprint density at radius 3 is 2.33 bits per heavy atom. The van der Waals surface area contributed by atoms with Gasteiger partial charge in [0.2, 0.25) is 0 Å². The Labute approximate surface area is 94.9 Å². The van der Waals surface area contributed by atoms with Crippen molar-refractivity contribution < 1.29 is 5.11 Å². The highest BCUT2D eigenvalue weighted by Gasteiger charge is 1.98. The summed E-state index contributed by atoms with van der Waals surface area (Å²) in [7, 11) is 0. The molecule has 0 fully saturated rings. The SMILES string of the molecule is CCC/C=C/CC/C(=C/C(O)CC)CC. The molecule has 15 heavy (non-hydrogen) atoms. The monoisotopic (exact) mass is 210 g/mol. The van der Waals surface area contributed by atoms with E-state index >= 15 is 0 Å². The molecule has 1 nitrogen and oxygen atoms in total. The molecule has 0 heterocycles. The van der Waals surface area contributed by atoms with Crippen molar-refractivity contribution in [3.05, 3.63) is 23.8 Å². The predicted molar refractivity (Wildman–Crippen MR) is 68.0 cm³/mol. The van der Waals surface area contributed by atoms with E-state index in [0.717, 1.165) is 25.7 Å². The highest BCUT2D eigenvalue weighted by atomic mass is 16.3. The summed E-state index contributed by atoms with van der Waals surface area (Å²) in [6, 6.07) is 0. The van der Waals surface area contributed by atoms with Gasteiger partial charge < -0.3 is 5.11 Å². The molecule has 0 radical (unpaired) electrons. The van der Waals surface area contributed by atoms with Crippen LogP contribution in [0.3, 0.4) is 0 Å². The molecule has 88 valence electrons. The standard InChI is InChI=1S/C14H26O/c1-4-7-8-9-10-11-13(5-2)12-14(15)6-3/h8-9,12,14-15H,4-7,10-11H2,1-3H3/b9-8+,13-12+. The molecule has 0 rings (SSSR count). The summed E-state index contributed by atoms with van der Waals surface area (Å²) in [5, 5.41) is 9.51. The summed E-state index contributed by atoms with van der Waals surface area (Å²) in [6.45, 7) is 6.36. The molecule has 1 atom stereocenters. The molecule has 0 bridgehead atoms. The third kappa shape index (κ3) is 8.44. The number of aliphatic hydroxyl groups is 1. The van der Waals surface area contributed by atoms with E-state index in [1.165, 1.54) is 18.4 Å². The van der Waals surface area contributed by atoms with Crippen LogP contribution in [0.25, 0.3) is 0 Å². The maximum Gasteiger partial charge on any atom is 0.0720 e. The molecule has 0 aromatic rings. The zero-order valence-electron chi connectivity index (χ0n) is 10.5. The fraction of sp³-hybridized carbons (Fsp3) is 0.714. The number of rotatable bonds is 8. The van der Waals surface area contributed by atoms with Crippen molar-refractivity contribution in [3.63, 3.8) is 0 Å². The third-order valence-corrected chi connectivity index (χ3v) is 2.55. The predicted octanol–water partition coefficient (Wildman–Crippen LogP) is 4.23. The van der Waals surface area contributed by atoms with E-state index in [9.17, 15) is 5.11 Å². The van der Waals surface area contributed by atoms with Crippen LogP contribution in [0.5, 0.6) is 0 Å². The van der Waals surface area contributed by atoms with Crippen molar-refractivity contribution in [1.82, 2.24) is 0 Å². The Balaban J connectivity index is 3.84. The summed E-state index contributed by atoms with van der Waals surface area (Å²) >= 11 is 0. The Bertz CT molecular complexity index is 192. The van der Waals surface area contributed by atoms with E-state index in [-0.39, 0.29) is 6.10 Å². The number of aliphatic hydroxyl groups excluding tert-OH is 1. The average Bonchev–Trinajstić information content (AvgIpc) is 2.26. The Morgan fingerprint density at radius 1 is 1.13 bits per heavy atom. The molecular formula is C14H26O. The average molecular weight is 210 g/mol. The van der Waals surface area contributed by atoms with Crippen molar-refractivity contribution in [1.29, 1.82) is 0 Å². The van der Waals surface area contributed by atoms with Crippen LogP contribution >= 0.6 is 0 Å². The van der Waals surface area contributed by atoms with Gasteiger partial charge in [-0.2, -0.15) is 0 Å². The van der Waals surface area contributed by atoms with Crippen molar-refractivity contribution in [3.8, 4) is 0 Å². The molecule has 0 spiro atoms. The Kier molecular flexibility index (Phi) is 9.60. The lowest BCUT2D eigenvalue weighted by Gasteiger charge is -2.06. The minimum Gasteiger partial charge on any atom is -0.389 e. The van der Waals surface area contributed by atoms with Gasteiger partial charge in [-0.25, -0.2) is 0 Å². The lowest BCUT2D eigenvalue weighted by molar-refractivity contribution is 0.217. The molecule has 0 saturated carbocycles. The summed E-state index contributed by atoms with van der Waals surface area (Å²) < 4.78 is 0. The van der Waals surface area contributed by atoms with Gasteiger partial charge in [-0.1, -0.05) is 51.0 Å². The van der Waals surface area contributed by atoms with E-state index in [4.69, 9.17) is 0 Å². The van der Waals surface area contributed by atoms with Crippen LogP contribution in [0, 0.1) is 0 Å². The minimum atomic E-state index is -0.250. The Morgan fingerprint density at radius 2 is 1.80 bits per heavy atom. The van der Waals surface area contributed by atoms with Crippen molar-refractivity contribution in [2.45, 2.75) is 65.4 Å². The van der Waals surface area contributed by atoms with E-state index in [2.05, 4.69) is 26.0 Å². The lowest BCUT2D eigenvalue weighted by atomic mass is 10.0. The van der Waals surface area contributed by atoms with Crippen LogP contribution in [0.4, 0.5) is 0 Å². The zero-order valence-corrected chi connectivity index (χ0v) is 10.5. The molecule has 0 amide bonds. The first-order valence-electron chi connectivity index (χ1n) is 6.27. The second-order valence-electron chi connectivity index (χ2n) is 3.95. The first-order chi connectivity index (χ1) is 7.24. The summed E-state index contributed by atoms with van der Waals surface area (Å²) in [6.07, 6.45) is 12.8. The normalized spacial score (nSPS) is 14.8. The van der Waals surface area contributed by atoms with Crippen LogP contribution in [-0.4, -0.2) is 11.2 Å². The van der Waals surface area contributed by atoms with Crippen molar-refractivity contribution in [2.24, 2.45) is 0 Å². The number of allylic oxidation sites excluding steroid dienone is 3. The van der Waals surface area contributed by atoms with E-state index < -0.39 is 0 Å². The third-order valence-electron chi connectivity index (χ3n) is 2.55. The van der Waals surface area contributed by atoms with Crippen LogP contribution < -0.4 is 0 Å². The first kappa shape index (κ1) is 14.4. The van der Waals surface area contributed by atoms with Gasteiger partial charge >= 0.3 is 0 Å². The number of unbranched alkanes of at least 4 members (excludes halogenated alkanes) is 1. The first-order valence-corrected chi connectivity index (χ1v) is 6.27.